The van der Waals surface area contributed by atoms with Crippen molar-refractivity contribution in [2.24, 2.45) is 11.7 Å². The third-order valence-electron chi connectivity index (χ3n) is 2.48. The van der Waals surface area contributed by atoms with Crippen molar-refractivity contribution in [3.63, 3.8) is 0 Å². The van der Waals surface area contributed by atoms with E-state index in [0.717, 1.165) is 10.7 Å². The number of aryl methyl sites for hydroxylation is 1. The van der Waals surface area contributed by atoms with Crippen LogP contribution in [0.3, 0.4) is 0 Å². The number of hydrogen-bond donors (Lipinski definition) is 2. The maximum Gasteiger partial charge on any atom is 0.234 e. The molecule has 16 heavy (non-hydrogen) atoms. The number of aromatic nitrogens is 1. The fraction of sp³-hybridized carbons (Fsp3) is 0.636. The number of carbonyl (C=O) groups is 1. The lowest BCUT2D eigenvalue weighted by Gasteiger charge is -2.22. The summed E-state index contributed by atoms with van der Waals surface area (Å²) in [5, 5.41) is 6.25. The standard InChI is InChI=1S/C11H19N3OS/c1-6(2)10(11(12)15)13-7(3)9-5-16-8(4)14-9/h5-7,10,13H,1-4H3,(H2,12,15). The van der Waals surface area contributed by atoms with Crippen LogP contribution in [0.4, 0.5) is 0 Å². The summed E-state index contributed by atoms with van der Waals surface area (Å²) in [5.74, 6) is -0.131. The Kier molecular flexibility index (Phi) is 4.44. The van der Waals surface area contributed by atoms with Gasteiger partial charge in [-0.2, -0.15) is 0 Å². The highest BCUT2D eigenvalue weighted by atomic mass is 32.1. The van der Waals surface area contributed by atoms with Crippen molar-refractivity contribution < 1.29 is 4.79 Å². The predicted octanol–water partition coefficient (Wildman–Crippen LogP) is 1.61. The van der Waals surface area contributed by atoms with Crippen LogP contribution in [0.25, 0.3) is 0 Å². The summed E-state index contributed by atoms with van der Waals surface area (Å²) >= 11 is 1.61. The third kappa shape index (κ3) is 3.28. The summed E-state index contributed by atoms with van der Waals surface area (Å²) in [5.41, 5.74) is 6.32. The molecule has 0 aliphatic rings. The largest absolute Gasteiger partial charge is 0.368 e. The van der Waals surface area contributed by atoms with E-state index in [0.29, 0.717) is 0 Å². The zero-order chi connectivity index (χ0) is 12.3. The Morgan fingerprint density at radius 3 is 2.50 bits per heavy atom. The Morgan fingerprint density at radius 2 is 2.12 bits per heavy atom. The molecular formula is C11H19N3OS. The monoisotopic (exact) mass is 241 g/mol. The molecule has 0 aliphatic heterocycles. The van der Waals surface area contributed by atoms with E-state index in [1.54, 1.807) is 11.3 Å². The van der Waals surface area contributed by atoms with E-state index in [1.807, 2.05) is 33.1 Å². The van der Waals surface area contributed by atoms with Crippen molar-refractivity contribution in [2.45, 2.75) is 39.8 Å². The lowest BCUT2D eigenvalue weighted by atomic mass is 10.0. The summed E-state index contributed by atoms with van der Waals surface area (Å²) in [6, 6.07) is -0.262. The predicted molar refractivity (Wildman–Crippen MR) is 66.2 cm³/mol. The molecule has 4 nitrogen and oxygen atoms in total. The van der Waals surface area contributed by atoms with E-state index in [-0.39, 0.29) is 23.9 Å². The fourth-order valence-corrected chi connectivity index (χ4v) is 2.24. The van der Waals surface area contributed by atoms with Crippen molar-refractivity contribution in [1.82, 2.24) is 10.3 Å². The summed E-state index contributed by atoms with van der Waals surface area (Å²) in [6.07, 6.45) is 0. The maximum atomic E-state index is 11.3. The van der Waals surface area contributed by atoms with Crippen LogP contribution in [0.1, 0.15) is 37.5 Å². The van der Waals surface area contributed by atoms with Crippen molar-refractivity contribution in [1.29, 1.82) is 0 Å². The molecule has 3 N–H and O–H groups in total. The van der Waals surface area contributed by atoms with Crippen LogP contribution >= 0.6 is 11.3 Å². The number of amides is 1. The molecular weight excluding hydrogens is 222 g/mol. The Hall–Kier alpha value is -0.940. The van der Waals surface area contributed by atoms with Gasteiger partial charge in [0.1, 0.15) is 0 Å². The van der Waals surface area contributed by atoms with Gasteiger partial charge in [0, 0.05) is 11.4 Å². The fourth-order valence-electron chi connectivity index (χ4n) is 1.54. The minimum Gasteiger partial charge on any atom is -0.368 e. The average molecular weight is 241 g/mol. The Morgan fingerprint density at radius 1 is 1.50 bits per heavy atom. The summed E-state index contributed by atoms with van der Waals surface area (Å²) < 4.78 is 0. The topological polar surface area (TPSA) is 68.0 Å². The van der Waals surface area contributed by atoms with Gasteiger partial charge in [-0.25, -0.2) is 4.98 Å². The number of rotatable bonds is 5. The second kappa shape index (κ2) is 5.41. The second-order valence-corrected chi connectivity index (χ2v) is 5.37. The number of primary amides is 1. The molecule has 1 aromatic heterocycles. The molecule has 0 fully saturated rings. The van der Waals surface area contributed by atoms with Crippen LogP contribution < -0.4 is 11.1 Å². The van der Waals surface area contributed by atoms with Crippen LogP contribution in [0, 0.1) is 12.8 Å². The minimum atomic E-state index is -0.311. The molecule has 0 spiro atoms. The van der Waals surface area contributed by atoms with Gasteiger partial charge in [-0.3, -0.25) is 10.1 Å². The van der Waals surface area contributed by atoms with Crippen molar-refractivity contribution >= 4 is 17.2 Å². The lowest BCUT2D eigenvalue weighted by molar-refractivity contribution is -0.121. The SMILES string of the molecule is Cc1nc(C(C)NC(C(N)=O)C(C)C)cs1. The lowest BCUT2D eigenvalue weighted by Crippen LogP contribution is -2.46. The molecule has 0 aliphatic carbocycles. The molecule has 1 heterocycles. The zero-order valence-corrected chi connectivity index (χ0v) is 11.0. The first kappa shape index (κ1) is 13.1. The molecule has 90 valence electrons. The van der Waals surface area contributed by atoms with Gasteiger partial charge in [-0.15, -0.1) is 11.3 Å². The van der Waals surface area contributed by atoms with Crippen molar-refractivity contribution in [3.05, 3.63) is 16.1 Å². The van der Waals surface area contributed by atoms with Crippen LogP contribution in [-0.2, 0) is 4.79 Å². The minimum absolute atomic E-state index is 0.0462. The molecule has 0 bridgehead atoms. The molecule has 1 amide bonds. The average Bonchev–Trinajstić information content (AvgIpc) is 2.59. The van der Waals surface area contributed by atoms with Crippen LogP contribution in [0.5, 0.6) is 0 Å². The smallest absolute Gasteiger partial charge is 0.234 e. The van der Waals surface area contributed by atoms with Gasteiger partial charge < -0.3 is 5.73 Å². The van der Waals surface area contributed by atoms with E-state index in [9.17, 15) is 4.79 Å². The van der Waals surface area contributed by atoms with E-state index < -0.39 is 0 Å². The quantitative estimate of drug-likeness (QED) is 0.823. The number of hydrogen-bond acceptors (Lipinski definition) is 4. The second-order valence-electron chi connectivity index (χ2n) is 4.30. The van der Waals surface area contributed by atoms with E-state index in [2.05, 4.69) is 10.3 Å². The Balaban J connectivity index is 2.68. The van der Waals surface area contributed by atoms with Crippen LogP contribution in [-0.4, -0.2) is 16.9 Å². The molecule has 2 atom stereocenters. The van der Waals surface area contributed by atoms with Crippen LogP contribution in [0.15, 0.2) is 5.38 Å². The number of nitrogens with one attached hydrogen (secondary N) is 1. The highest BCUT2D eigenvalue weighted by Gasteiger charge is 2.22. The summed E-state index contributed by atoms with van der Waals surface area (Å²) in [6.45, 7) is 7.91. The van der Waals surface area contributed by atoms with E-state index in [4.69, 9.17) is 5.73 Å². The van der Waals surface area contributed by atoms with Gasteiger partial charge in [-0.05, 0) is 19.8 Å². The highest BCUT2D eigenvalue weighted by molar-refractivity contribution is 7.09. The molecule has 2 unspecified atom stereocenters. The number of carbonyl (C=O) groups excluding carboxylic acids is 1. The van der Waals surface area contributed by atoms with Gasteiger partial charge in [-0.1, -0.05) is 13.8 Å². The molecule has 0 saturated heterocycles. The van der Waals surface area contributed by atoms with E-state index >= 15 is 0 Å². The van der Waals surface area contributed by atoms with Crippen molar-refractivity contribution in [3.8, 4) is 0 Å². The maximum absolute atomic E-state index is 11.3. The molecule has 0 radical (unpaired) electrons. The van der Waals surface area contributed by atoms with Gasteiger partial charge in [0.25, 0.3) is 0 Å². The van der Waals surface area contributed by atoms with Crippen molar-refractivity contribution in [2.75, 3.05) is 0 Å². The number of nitrogens with zero attached hydrogens (tertiary/aromatic N) is 1. The summed E-state index contributed by atoms with van der Waals surface area (Å²) in [4.78, 5) is 15.6. The first-order valence-corrected chi connectivity index (χ1v) is 6.27. The van der Waals surface area contributed by atoms with Crippen LogP contribution in [0.2, 0.25) is 0 Å². The molecule has 1 aromatic rings. The first-order chi connectivity index (χ1) is 7.41. The summed E-state index contributed by atoms with van der Waals surface area (Å²) in [7, 11) is 0. The Labute approximate surface area is 100 Å². The Bertz CT molecular complexity index is 362. The van der Waals surface area contributed by atoms with Gasteiger partial charge in [0.2, 0.25) is 5.91 Å². The number of nitrogens with two attached hydrogens (primary N) is 1. The zero-order valence-electron chi connectivity index (χ0n) is 10.2. The molecule has 0 saturated carbocycles. The van der Waals surface area contributed by atoms with E-state index in [1.165, 1.54) is 0 Å². The van der Waals surface area contributed by atoms with Gasteiger partial charge in [0.15, 0.2) is 0 Å². The third-order valence-corrected chi connectivity index (χ3v) is 3.27. The number of thiazole rings is 1. The normalized spacial score (nSPS) is 15.1. The molecule has 1 rings (SSSR count). The van der Waals surface area contributed by atoms with Gasteiger partial charge in [0.05, 0.1) is 16.7 Å². The highest BCUT2D eigenvalue weighted by Crippen LogP contribution is 2.17. The van der Waals surface area contributed by atoms with Gasteiger partial charge >= 0.3 is 0 Å². The molecule has 5 heteroatoms. The first-order valence-electron chi connectivity index (χ1n) is 5.39. The molecule has 0 aromatic carbocycles.